The summed E-state index contributed by atoms with van der Waals surface area (Å²) in [7, 11) is 0. The van der Waals surface area contributed by atoms with Crippen molar-refractivity contribution in [2.75, 3.05) is 5.32 Å². The van der Waals surface area contributed by atoms with Crippen molar-refractivity contribution in [2.45, 2.75) is 39.7 Å². The molecule has 88 valence electrons. The van der Waals surface area contributed by atoms with Gasteiger partial charge in [-0.15, -0.1) is 0 Å². The van der Waals surface area contributed by atoms with E-state index in [0.29, 0.717) is 5.96 Å². The number of nitrogens with two attached hydrogens (primary N) is 1. The maximum Gasteiger partial charge on any atom is 0.193 e. The van der Waals surface area contributed by atoms with E-state index in [1.54, 1.807) is 0 Å². The van der Waals surface area contributed by atoms with Crippen molar-refractivity contribution >= 4 is 11.6 Å². The molecular weight excluding hydrogens is 198 g/mol. The Bertz CT molecular complexity index is 375. The quantitative estimate of drug-likeness (QED) is 0.593. The summed E-state index contributed by atoms with van der Waals surface area (Å²) in [5.74, 6) is 0.466. The largest absolute Gasteiger partial charge is 0.370 e. The van der Waals surface area contributed by atoms with Crippen molar-refractivity contribution in [1.29, 1.82) is 0 Å². The molecule has 0 spiro atoms. The zero-order valence-electron chi connectivity index (χ0n) is 10.5. The summed E-state index contributed by atoms with van der Waals surface area (Å²) in [6, 6.07) is 8.13. The van der Waals surface area contributed by atoms with Crippen LogP contribution in [-0.2, 0) is 6.42 Å². The molecule has 1 aromatic carbocycles. The maximum absolute atomic E-state index is 5.85. The van der Waals surface area contributed by atoms with Crippen molar-refractivity contribution in [1.82, 2.24) is 0 Å². The first-order chi connectivity index (χ1) is 7.42. The van der Waals surface area contributed by atoms with E-state index in [2.05, 4.69) is 23.3 Å². The topological polar surface area (TPSA) is 50.4 Å². The van der Waals surface area contributed by atoms with Gasteiger partial charge in [0.1, 0.15) is 0 Å². The summed E-state index contributed by atoms with van der Waals surface area (Å²) < 4.78 is 0. The highest BCUT2D eigenvalue weighted by atomic mass is 15.1. The number of para-hydroxylation sites is 1. The van der Waals surface area contributed by atoms with Gasteiger partial charge < -0.3 is 11.1 Å². The number of guanidine groups is 1. The van der Waals surface area contributed by atoms with Crippen LogP contribution in [0, 0.1) is 0 Å². The van der Waals surface area contributed by atoms with Crippen molar-refractivity contribution in [3.8, 4) is 0 Å². The third kappa shape index (κ3) is 3.93. The van der Waals surface area contributed by atoms with Crippen molar-refractivity contribution in [2.24, 2.45) is 10.7 Å². The molecule has 0 aliphatic heterocycles. The Labute approximate surface area is 97.8 Å². The fourth-order valence-electron chi connectivity index (χ4n) is 1.48. The third-order valence-corrected chi connectivity index (χ3v) is 2.12. The van der Waals surface area contributed by atoms with E-state index in [1.807, 2.05) is 39.0 Å². The normalized spacial score (nSPS) is 12.6. The first-order valence-corrected chi connectivity index (χ1v) is 5.62. The fourth-order valence-corrected chi connectivity index (χ4v) is 1.48. The number of hydrogen-bond acceptors (Lipinski definition) is 1. The fraction of sp³-hybridized carbons (Fsp3) is 0.462. The van der Waals surface area contributed by atoms with E-state index in [1.165, 1.54) is 5.56 Å². The van der Waals surface area contributed by atoms with Crippen LogP contribution < -0.4 is 11.1 Å². The predicted molar refractivity (Wildman–Crippen MR) is 70.8 cm³/mol. The van der Waals surface area contributed by atoms with Gasteiger partial charge in [-0.2, -0.15) is 0 Å². The molecule has 0 aliphatic carbocycles. The number of nitrogens with zero attached hydrogens (tertiary/aromatic N) is 1. The van der Waals surface area contributed by atoms with Gasteiger partial charge in [0.25, 0.3) is 0 Å². The number of anilines is 1. The molecule has 0 heterocycles. The average Bonchev–Trinajstić information content (AvgIpc) is 2.15. The predicted octanol–water partition coefficient (Wildman–Crippen LogP) is 2.77. The van der Waals surface area contributed by atoms with E-state index in [-0.39, 0.29) is 5.54 Å². The standard InChI is InChI=1S/C13H21N3/c1-5-10-8-6-7-9-11(10)15-12(14)16-13(2,3)4/h6-9H,5H2,1-4H3,(H3,14,15,16). The van der Waals surface area contributed by atoms with Gasteiger partial charge in [0, 0.05) is 5.69 Å². The number of aliphatic imine (C=N–C) groups is 1. The maximum atomic E-state index is 5.85. The summed E-state index contributed by atoms with van der Waals surface area (Å²) in [4.78, 5) is 4.36. The second-order valence-corrected chi connectivity index (χ2v) is 4.80. The molecule has 0 fully saturated rings. The molecule has 0 aromatic heterocycles. The summed E-state index contributed by atoms with van der Waals surface area (Å²) in [5, 5.41) is 3.15. The monoisotopic (exact) mass is 219 g/mol. The van der Waals surface area contributed by atoms with Gasteiger partial charge in [0.15, 0.2) is 5.96 Å². The van der Waals surface area contributed by atoms with Gasteiger partial charge >= 0.3 is 0 Å². The van der Waals surface area contributed by atoms with E-state index < -0.39 is 0 Å². The molecule has 0 amide bonds. The molecule has 16 heavy (non-hydrogen) atoms. The zero-order chi connectivity index (χ0) is 12.2. The lowest BCUT2D eigenvalue weighted by atomic mass is 10.1. The molecule has 1 rings (SSSR count). The Kier molecular flexibility index (Phi) is 3.93. The highest BCUT2D eigenvalue weighted by molar-refractivity contribution is 5.93. The SMILES string of the molecule is CCc1ccccc1NC(N)=NC(C)(C)C. The Morgan fingerprint density at radius 2 is 1.94 bits per heavy atom. The van der Waals surface area contributed by atoms with Gasteiger partial charge in [0.2, 0.25) is 0 Å². The second-order valence-electron chi connectivity index (χ2n) is 4.80. The van der Waals surface area contributed by atoms with Crippen molar-refractivity contribution in [3.05, 3.63) is 29.8 Å². The number of aryl methyl sites for hydroxylation is 1. The number of nitrogens with one attached hydrogen (secondary N) is 1. The van der Waals surface area contributed by atoms with Crippen LogP contribution in [0.2, 0.25) is 0 Å². The molecule has 3 heteroatoms. The minimum absolute atomic E-state index is 0.155. The van der Waals surface area contributed by atoms with Gasteiger partial charge in [0.05, 0.1) is 5.54 Å². The molecule has 0 unspecified atom stereocenters. The highest BCUT2D eigenvalue weighted by Gasteiger charge is 2.08. The summed E-state index contributed by atoms with van der Waals surface area (Å²) in [6.07, 6.45) is 0.978. The Balaban J connectivity index is 2.85. The minimum Gasteiger partial charge on any atom is -0.370 e. The molecule has 3 N–H and O–H groups in total. The first-order valence-electron chi connectivity index (χ1n) is 5.62. The lowest BCUT2D eigenvalue weighted by Crippen LogP contribution is -2.27. The Morgan fingerprint density at radius 3 is 2.50 bits per heavy atom. The van der Waals surface area contributed by atoms with Crippen LogP contribution in [0.5, 0.6) is 0 Å². The molecule has 0 radical (unpaired) electrons. The summed E-state index contributed by atoms with van der Waals surface area (Å²) in [6.45, 7) is 8.19. The van der Waals surface area contributed by atoms with Crippen LogP contribution in [0.1, 0.15) is 33.3 Å². The summed E-state index contributed by atoms with van der Waals surface area (Å²) in [5.41, 5.74) is 7.98. The van der Waals surface area contributed by atoms with E-state index in [9.17, 15) is 0 Å². The van der Waals surface area contributed by atoms with Crippen LogP contribution >= 0.6 is 0 Å². The molecule has 3 nitrogen and oxygen atoms in total. The molecular formula is C13H21N3. The van der Waals surface area contributed by atoms with Crippen molar-refractivity contribution in [3.63, 3.8) is 0 Å². The third-order valence-electron chi connectivity index (χ3n) is 2.12. The van der Waals surface area contributed by atoms with E-state index in [0.717, 1.165) is 12.1 Å². The van der Waals surface area contributed by atoms with E-state index >= 15 is 0 Å². The lowest BCUT2D eigenvalue weighted by molar-refractivity contribution is 0.583. The molecule has 0 atom stereocenters. The molecule has 0 aliphatic rings. The second kappa shape index (κ2) is 5.01. The zero-order valence-corrected chi connectivity index (χ0v) is 10.5. The van der Waals surface area contributed by atoms with E-state index in [4.69, 9.17) is 5.73 Å². The Morgan fingerprint density at radius 1 is 1.31 bits per heavy atom. The number of rotatable bonds is 2. The molecule has 0 bridgehead atoms. The minimum atomic E-state index is -0.155. The number of hydrogen-bond donors (Lipinski definition) is 2. The first kappa shape index (κ1) is 12.6. The smallest absolute Gasteiger partial charge is 0.193 e. The highest BCUT2D eigenvalue weighted by Crippen LogP contribution is 2.15. The lowest BCUT2D eigenvalue weighted by Gasteiger charge is -2.15. The number of benzene rings is 1. The van der Waals surface area contributed by atoms with Crippen LogP contribution in [0.25, 0.3) is 0 Å². The average molecular weight is 219 g/mol. The molecule has 0 saturated heterocycles. The van der Waals surface area contributed by atoms with Crippen LogP contribution in [0.3, 0.4) is 0 Å². The van der Waals surface area contributed by atoms with Gasteiger partial charge in [-0.25, -0.2) is 4.99 Å². The van der Waals surface area contributed by atoms with Gasteiger partial charge in [-0.05, 0) is 38.8 Å². The van der Waals surface area contributed by atoms with Gasteiger partial charge in [-0.1, -0.05) is 25.1 Å². The van der Waals surface area contributed by atoms with Crippen LogP contribution in [-0.4, -0.2) is 11.5 Å². The molecule has 0 saturated carbocycles. The van der Waals surface area contributed by atoms with Gasteiger partial charge in [-0.3, -0.25) is 0 Å². The summed E-state index contributed by atoms with van der Waals surface area (Å²) >= 11 is 0. The van der Waals surface area contributed by atoms with Crippen molar-refractivity contribution < 1.29 is 0 Å². The van der Waals surface area contributed by atoms with Crippen LogP contribution in [0.15, 0.2) is 29.3 Å². The Hall–Kier alpha value is -1.51. The molecule has 1 aromatic rings. The van der Waals surface area contributed by atoms with Crippen LogP contribution in [0.4, 0.5) is 5.69 Å².